The Morgan fingerprint density at radius 2 is 1.44 bits per heavy atom. The van der Waals surface area contributed by atoms with Crippen LogP contribution in [-0.4, -0.2) is 51.0 Å². The van der Waals surface area contributed by atoms with Gasteiger partial charge in [0.1, 0.15) is 12.6 Å². The first-order valence-corrected chi connectivity index (χ1v) is 13.6. The average Bonchev–Trinajstić information content (AvgIpc) is 2.86. The maximum atomic E-state index is 13.9. The van der Waals surface area contributed by atoms with Crippen molar-refractivity contribution in [3.63, 3.8) is 0 Å². The van der Waals surface area contributed by atoms with Gasteiger partial charge in [-0.3, -0.25) is 13.9 Å². The minimum absolute atomic E-state index is 0.162. The molecule has 0 heterocycles. The average molecular weight is 508 g/mol. The molecular formula is C28H33N3O4S. The zero-order chi connectivity index (χ0) is 26.3. The molecule has 0 radical (unpaired) electrons. The summed E-state index contributed by atoms with van der Waals surface area (Å²) in [6.45, 7) is 3.47. The van der Waals surface area contributed by atoms with Crippen LogP contribution in [-0.2, 0) is 32.6 Å². The number of hydrogen-bond acceptors (Lipinski definition) is 4. The molecule has 7 nitrogen and oxygen atoms in total. The lowest BCUT2D eigenvalue weighted by Gasteiger charge is -2.33. The number of likely N-dealkylation sites (N-methyl/N-ethyl adjacent to an activating group) is 1. The van der Waals surface area contributed by atoms with E-state index >= 15 is 0 Å². The molecule has 0 aromatic heterocycles. The SMILES string of the molecule is CNC(=O)[C@H](Cc1ccccc1)N(Cc1ccccc1)C(=O)CN(c1cccc(C)c1C)S(C)(=O)=O. The highest BCUT2D eigenvalue weighted by Crippen LogP contribution is 2.25. The minimum Gasteiger partial charge on any atom is -0.357 e. The van der Waals surface area contributed by atoms with Crippen LogP contribution in [0.15, 0.2) is 78.9 Å². The van der Waals surface area contributed by atoms with Gasteiger partial charge in [0.25, 0.3) is 0 Å². The number of carbonyl (C=O) groups is 2. The summed E-state index contributed by atoms with van der Waals surface area (Å²) in [5, 5.41) is 2.67. The highest BCUT2D eigenvalue weighted by molar-refractivity contribution is 7.92. The number of aryl methyl sites for hydroxylation is 1. The van der Waals surface area contributed by atoms with Crippen LogP contribution in [0.1, 0.15) is 22.3 Å². The molecule has 190 valence electrons. The van der Waals surface area contributed by atoms with Crippen molar-refractivity contribution in [3.05, 3.63) is 101 Å². The van der Waals surface area contributed by atoms with E-state index in [4.69, 9.17) is 0 Å². The fourth-order valence-electron chi connectivity index (χ4n) is 4.10. The van der Waals surface area contributed by atoms with Crippen LogP contribution in [0.4, 0.5) is 5.69 Å². The molecule has 3 rings (SSSR count). The van der Waals surface area contributed by atoms with Gasteiger partial charge in [0.05, 0.1) is 11.9 Å². The molecule has 1 N–H and O–H groups in total. The van der Waals surface area contributed by atoms with Gasteiger partial charge in [0, 0.05) is 20.0 Å². The number of sulfonamides is 1. The number of nitrogens with zero attached hydrogens (tertiary/aromatic N) is 2. The van der Waals surface area contributed by atoms with Crippen LogP contribution >= 0.6 is 0 Å². The van der Waals surface area contributed by atoms with Crippen molar-refractivity contribution < 1.29 is 18.0 Å². The van der Waals surface area contributed by atoms with E-state index in [2.05, 4.69) is 5.32 Å². The van der Waals surface area contributed by atoms with Gasteiger partial charge in [-0.25, -0.2) is 8.42 Å². The van der Waals surface area contributed by atoms with E-state index in [1.54, 1.807) is 12.1 Å². The lowest BCUT2D eigenvalue weighted by atomic mass is 10.0. The summed E-state index contributed by atoms with van der Waals surface area (Å²) in [7, 11) is -2.25. The number of amides is 2. The fraction of sp³-hybridized carbons (Fsp3) is 0.286. The Hall–Kier alpha value is -3.65. The predicted octanol–water partition coefficient (Wildman–Crippen LogP) is 3.46. The van der Waals surface area contributed by atoms with Crippen LogP contribution in [0.5, 0.6) is 0 Å². The Balaban J connectivity index is 2.03. The summed E-state index contributed by atoms with van der Waals surface area (Å²) < 4.78 is 26.8. The summed E-state index contributed by atoms with van der Waals surface area (Å²) >= 11 is 0. The highest BCUT2D eigenvalue weighted by atomic mass is 32.2. The van der Waals surface area contributed by atoms with Gasteiger partial charge in [-0.05, 0) is 42.2 Å². The van der Waals surface area contributed by atoms with Crippen LogP contribution in [0.2, 0.25) is 0 Å². The molecule has 3 aromatic rings. The number of anilines is 1. The predicted molar refractivity (Wildman–Crippen MR) is 143 cm³/mol. The Morgan fingerprint density at radius 3 is 2.00 bits per heavy atom. The third-order valence-corrected chi connectivity index (χ3v) is 7.36. The smallest absolute Gasteiger partial charge is 0.244 e. The Bertz CT molecular complexity index is 1290. The lowest BCUT2D eigenvalue weighted by Crippen LogP contribution is -2.53. The van der Waals surface area contributed by atoms with Gasteiger partial charge >= 0.3 is 0 Å². The van der Waals surface area contributed by atoms with Gasteiger partial charge in [0.2, 0.25) is 21.8 Å². The van der Waals surface area contributed by atoms with E-state index in [-0.39, 0.29) is 12.5 Å². The van der Waals surface area contributed by atoms with Crippen molar-refractivity contribution in [2.24, 2.45) is 0 Å². The molecule has 3 aromatic carbocycles. The molecule has 0 fully saturated rings. The van der Waals surface area contributed by atoms with Crippen molar-refractivity contribution in [2.75, 3.05) is 24.2 Å². The molecule has 36 heavy (non-hydrogen) atoms. The van der Waals surface area contributed by atoms with Gasteiger partial charge in [-0.15, -0.1) is 0 Å². The monoisotopic (exact) mass is 507 g/mol. The molecule has 8 heteroatoms. The topological polar surface area (TPSA) is 86.8 Å². The van der Waals surface area contributed by atoms with Crippen molar-refractivity contribution in [2.45, 2.75) is 32.9 Å². The van der Waals surface area contributed by atoms with E-state index < -0.39 is 28.5 Å². The zero-order valence-corrected chi connectivity index (χ0v) is 22.0. The normalized spacial score (nSPS) is 12.0. The first-order chi connectivity index (χ1) is 17.1. The third-order valence-electron chi connectivity index (χ3n) is 6.24. The summed E-state index contributed by atoms with van der Waals surface area (Å²) in [5.41, 5.74) is 3.88. The summed E-state index contributed by atoms with van der Waals surface area (Å²) in [6.07, 6.45) is 1.38. The molecule has 0 aliphatic heterocycles. The van der Waals surface area contributed by atoms with E-state index in [1.807, 2.05) is 80.6 Å². The second kappa shape index (κ2) is 11.9. The summed E-state index contributed by atoms with van der Waals surface area (Å²) in [4.78, 5) is 28.4. The van der Waals surface area contributed by atoms with Gasteiger partial charge in [0.15, 0.2) is 0 Å². The van der Waals surface area contributed by atoms with E-state index in [9.17, 15) is 18.0 Å². The maximum absolute atomic E-state index is 13.9. The van der Waals surface area contributed by atoms with Crippen molar-refractivity contribution >= 4 is 27.5 Å². The molecule has 0 bridgehead atoms. The van der Waals surface area contributed by atoms with Crippen molar-refractivity contribution in [1.29, 1.82) is 0 Å². The lowest BCUT2D eigenvalue weighted by molar-refractivity contribution is -0.139. The van der Waals surface area contributed by atoms with Gasteiger partial charge in [-0.1, -0.05) is 72.8 Å². The molecular weight excluding hydrogens is 474 g/mol. The highest BCUT2D eigenvalue weighted by Gasteiger charge is 2.33. The molecule has 0 aliphatic rings. The molecule has 0 spiro atoms. The number of nitrogens with one attached hydrogen (secondary N) is 1. The Kier molecular flexibility index (Phi) is 8.88. The van der Waals surface area contributed by atoms with Crippen molar-refractivity contribution in [3.8, 4) is 0 Å². The Labute approximate surface area is 213 Å². The number of benzene rings is 3. The Morgan fingerprint density at radius 1 is 0.861 bits per heavy atom. The van der Waals surface area contributed by atoms with Crippen molar-refractivity contribution in [1.82, 2.24) is 10.2 Å². The van der Waals surface area contributed by atoms with Gasteiger partial charge < -0.3 is 10.2 Å². The van der Waals surface area contributed by atoms with E-state index in [1.165, 1.54) is 11.9 Å². The molecule has 0 aliphatic carbocycles. The first kappa shape index (κ1) is 26.9. The summed E-state index contributed by atoms with van der Waals surface area (Å²) in [6, 6.07) is 23.3. The quantitative estimate of drug-likeness (QED) is 0.455. The largest absolute Gasteiger partial charge is 0.357 e. The number of carbonyl (C=O) groups excluding carboxylic acids is 2. The minimum atomic E-state index is -3.78. The van der Waals surface area contributed by atoms with Crippen LogP contribution in [0, 0.1) is 13.8 Å². The van der Waals surface area contributed by atoms with Crippen LogP contribution in [0.25, 0.3) is 0 Å². The zero-order valence-electron chi connectivity index (χ0n) is 21.1. The standard InChI is InChI=1S/C28H33N3O4S/c1-21-12-11-17-25(22(21)2)31(36(4,34)35)20-27(32)30(19-24-15-9-6-10-16-24)26(28(33)29-3)18-23-13-7-5-8-14-23/h5-17,26H,18-20H2,1-4H3,(H,29,33)/t26-/m0/s1. The number of rotatable bonds is 10. The second-order valence-corrected chi connectivity index (χ2v) is 10.7. The van der Waals surface area contributed by atoms with E-state index in [0.717, 1.165) is 32.8 Å². The van der Waals surface area contributed by atoms with Gasteiger partial charge in [-0.2, -0.15) is 0 Å². The molecule has 2 amide bonds. The first-order valence-electron chi connectivity index (χ1n) is 11.7. The third kappa shape index (κ3) is 6.73. The number of hydrogen-bond donors (Lipinski definition) is 1. The summed E-state index contributed by atoms with van der Waals surface area (Å²) in [5.74, 6) is -0.782. The maximum Gasteiger partial charge on any atom is 0.244 e. The molecule has 0 saturated carbocycles. The van der Waals surface area contributed by atoms with E-state index in [0.29, 0.717) is 12.1 Å². The van der Waals surface area contributed by atoms with Crippen LogP contribution in [0.3, 0.4) is 0 Å². The second-order valence-electron chi connectivity index (χ2n) is 8.82. The molecule has 0 saturated heterocycles. The molecule has 1 atom stereocenters. The molecule has 0 unspecified atom stereocenters. The fourth-order valence-corrected chi connectivity index (χ4v) is 5.00. The van der Waals surface area contributed by atoms with Crippen LogP contribution < -0.4 is 9.62 Å².